The molecule has 1 aromatic rings. The van der Waals surface area contributed by atoms with Crippen LogP contribution in [0.4, 0.5) is 10.5 Å². The van der Waals surface area contributed by atoms with Gasteiger partial charge in [0.15, 0.2) is 6.29 Å². The van der Waals surface area contributed by atoms with Gasteiger partial charge in [-0.05, 0) is 24.3 Å². The minimum atomic E-state index is -0.498. The molecule has 2 amide bonds. The van der Waals surface area contributed by atoms with Gasteiger partial charge in [0.1, 0.15) is 0 Å². The first-order valence-corrected chi connectivity index (χ1v) is 5.89. The number of carbonyl (C=O) groups is 2. The summed E-state index contributed by atoms with van der Waals surface area (Å²) in [5.74, 6) is -0.427. The standard InChI is InChI=1S/C13H18N2O5/c1-18-11(19-2)8-14-13(17)15-10-6-4-9(5-7-10)12(16)20-3/h4-7,11H,8H2,1-3H3,(H2,14,15,17). The van der Waals surface area contributed by atoms with Crippen LogP contribution < -0.4 is 10.6 Å². The number of amides is 2. The first-order chi connectivity index (χ1) is 9.60. The molecule has 0 unspecified atom stereocenters. The second-order valence-electron chi connectivity index (χ2n) is 3.80. The van der Waals surface area contributed by atoms with Crippen molar-refractivity contribution in [3.63, 3.8) is 0 Å². The highest BCUT2D eigenvalue weighted by Crippen LogP contribution is 2.10. The first-order valence-electron chi connectivity index (χ1n) is 5.89. The molecule has 1 rings (SSSR count). The molecule has 0 radical (unpaired) electrons. The molecular formula is C13H18N2O5. The van der Waals surface area contributed by atoms with E-state index in [2.05, 4.69) is 15.4 Å². The van der Waals surface area contributed by atoms with Gasteiger partial charge in [-0.1, -0.05) is 0 Å². The molecule has 0 bridgehead atoms. The maximum absolute atomic E-state index is 11.6. The minimum absolute atomic E-state index is 0.221. The molecule has 2 N–H and O–H groups in total. The molecule has 0 saturated carbocycles. The van der Waals surface area contributed by atoms with Crippen molar-refractivity contribution in [2.24, 2.45) is 0 Å². The van der Waals surface area contributed by atoms with Crippen LogP contribution in [0.1, 0.15) is 10.4 Å². The number of hydrogen-bond donors (Lipinski definition) is 2. The summed E-state index contributed by atoms with van der Waals surface area (Å²) in [5, 5.41) is 5.21. The van der Waals surface area contributed by atoms with E-state index in [9.17, 15) is 9.59 Å². The zero-order chi connectivity index (χ0) is 15.0. The topological polar surface area (TPSA) is 85.9 Å². The number of rotatable bonds is 6. The number of nitrogens with one attached hydrogen (secondary N) is 2. The quantitative estimate of drug-likeness (QED) is 0.605. The van der Waals surface area contributed by atoms with E-state index >= 15 is 0 Å². The van der Waals surface area contributed by atoms with Gasteiger partial charge in [0, 0.05) is 19.9 Å². The van der Waals surface area contributed by atoms with Crippen molar-refractivity contribution in [1.82, 2.24) is 5.32 Å². The van der Waals surface area contributed by atoms with Gasteiger partial charge in [0.25, 0.3) is 0 Å². The summed E-state index contributed by atoms with van der Waals surface area (Å²) in [5.41, 5.74) is 0.971. The first kappa shape index (κ1) is 15.9. The normalized spacial score (nSPS) is 10.2. The molecule has 7 nitrogen and oxygen atoms in total. The van der Waals surface area contributed by atoms with Crippen LogP contribution in [0.25, 0.3) is 0 Å². The van der Waals surface area contributed by atoms with Gasteiger partial charge in [-0.3, -0.25) is 0 Å². The second kappa shape index (κ2) is 8.13. The monoisotopic (exact) mass is 282 g/mol. The Hall–Kier alpha value is -2.12. The highest BCUT2D eigenvalue weighted by molar-refractivity contribution is 5.92. The molecule has 20 heavy (non-hydrogen) atoms. The van der Waals surface area contributed by atoms with Crippen LogP contribution in [0.15, 0.2) is 24.3 Å². The Morgan fingerprint density at radius 2 is 1.70 bits per heavy atom. The van der Waals surface area contributed by atoms with Crippen LogP contribution in [-0.2, 0) is 14.2 Å². The fourth-order valence-corrected chi connectivity index (χ4v) is 1.42. The van der Waals surface area contributed by atoms with E-state index in [0.717, 1.165) is 0 Å². The Morgan fingerprint density at radius 3 is 2.20 bits per heavy atom. The van der Waals surface area contributed by atoms with Gasteiger partial charge in [-0.25, -0.2) is 9.59 Å². The summed E-state index contributed by atoms with van der Waals surface area (Å²) in [6.45, 7) is 0.221. The molecule has 0 atom stereocenters. The molecule has 0 spiro atoms. The van der Waals surface area contributed by atoms with E-state index in [0.29, 0.717) is 11.3 Å². The Labute approximate surface area is 117 Å². The number of methoxy groups -OCH3 is 3. The number of anilines is 1. The SMILES string of the molecule is COC(=O)c1ccc(NC(=O)NCC(OC)OC)cc1. The largest absolute Gasteiger partial charge is 0.465 e. The van der Waals surface area contributed by atoms with Crippen LogP contribution in [0.5, 0.6) is 0 Å². The van der Waals surface area contributed by atoms with Crippen molar-refractivity contribution in [2.75, 3.05) is 33.2 Å². The van der Waals surface area contributed by atoms with E-state index in [1.165, 1.54) is 21.3 Å². The predicted octanol–water partition coefficient (Wildman–Crippen LogP) is 1.21. The maximum Gasteiger partial charge on any atom is 0.337 e. The average molecular weight is 282 g/mol. The number of hydrogen-bond acceptors (Lipinski definition) is 5. The van der Waals surface area contributed by atoms with Gasteiger partial charge in [0.2, 0.25) is 0 Å². The smallest absolute Gasteiger partial charge is 0.337 e. The Kier molecular flexibility index (Phi) is 6.48. The molecule has 0 aromatic heterocycles. The fraction of sp³-hybridized carbons (Fsp3) is 0.385. The maximum atomic E-state index is 11.6. The van der Waals surface area contributed by atoms with Crippen molar-refractivity contribution in [3.05, 3.63) is 29.8 Å². The highest BCUT2D eigenvalue weighted by atomic mass is 16.7. The molecule has 0 aliphatic carbocycles. The summed E-state index contributed by atoms with van der Waals surface area (Å²) >= 11 is 0. The summed E-state index contributed by atoms with van der Waals surface area (Å²) in [6.07, 6.45) is -0.498. The van der Waals surface area contributed by atoms with Crippen LogP contribution in [0, 0.1) is 0 Å². The third kappa shape index (κ3) is 4.87. The Bertz CT molecular complexity index is 443. The van der Waals surface area contributed by atoms with Crippen molar-refractivity contribution in [3.8, 4) is 0 Å². The third-order valence-corrected chi connectivity index (χ3v) is 2.52. The number of carbonyl (C=O) groups excluding carboxylic acids is 2. The lowest BCUT2D eigenvalue weighted by Crippen LogP contribution is -2.36. The van der Waals surface area contributed by atoms with Crippen LogP contribution >= 0.6 is 0 Å². The minimum Gasteiger partial charge on any atom is -0.465 e. The summed E-state index contributed by atoms with van der Waals surface area (Å²) < 4.78 is 14.5. The van der Waals surface area contributed by atoms with Crippen molar-refractivity contribution in [2.45, 2.75) is 6.29 Å². The number of ether oxygens (including phenoxy) is 3. The fourth-order valence-electron chi connectivity index (χ4n) is 1.42. The van der Waals surface area contributed by atoms with Gasteiger partial charge in [0.05, 0.1) is 19.2 Å². The average Bonchev–Trinajstić information content (AvgIpc) is 2.48. The molecule has 0 aliphatic heterocycles. The van der Waals surface area contributed by atoms with Gasteiger partial charge in [-0.15, -0.1) is 0 Å². The molecule has 1 aromatic carbocycles. The van der Waals surface area contributed by atoms with Crippen molar-refractivity contribution in [1.29, 1.82) is 0 Å². The van der Waals surface area contributed by atoms with Crippen molar-refractivity contribution >= 4 is 17.7 Å². The molecule has 0 heterocycles. The zero-order valence-corrected chi connectivity index (χ0v) is 11.6. The Balaban J connectivity index is 2.48. The number of esters is 1. The molecule has 7 heteroatoms. The van der Waals surface area contributed by atoms with E-state index in [-0.39, 0.29) is 6.54 Å². The van der Waals surface area contributed by atoms with E-state index in [4.69, 9.17) is 9.47 Å². The van der Waals surface area contributed by atoms with Crippen LogP contribution in [0.3, 0.4) is 0 Å². The third-order valence-electron chi connectivity index (χ3n) is 2.52. The zero-order valence-electron chi connectivity index (χ0n) is 11.6. The lowest BCUT2D eigenvalue weighted by atomic mass is 10.2. The van der Waals surface area contributed by atoms with Gasteiger partial charge >= 0.3 is 12.0 Å². The number of benzene rings is 1. The highest BCUT2D eigenvalue weighted by Gasteiger charge is 2.09. The Morgan fingerprint density at radius 1 is 1.10 bits per heavy atom. The van der Waals surface area contributed by atoms with E-state index in [1.54, 1.807) is 24.3 Å². The van der Waals surface area contributed by atoms with Gasteiger partial charge in [-0.2, -0.15) is 0 Å². The molecular weight excluding hydrogens is 264 g/mol. The molecule has 0 saturated heterocycles. The lowest BCUT2D eigenvalue weighted by molar-refractivity contribution is -0.0970. The van der Waals surface area contributed by atoms with E-state index < -0.39 is 18.3 Å². The van der Waals surface area contributed by atoms with Crippen LogP contribution in [-0.4, -0.2) is 46.2 Å². The van der Waals surface area contributed by atoms with E-state index in [1.807, 2.05) is 0 Å². The number of urea groups is 1. The molecule has 110 valence electrons. The summed E-state index contributed by atoms with van der Waals surface area (Å²) in [7, 11) is 4.28. The summed E-state index contributed by atoms with van der Waals surface area (Å²) in [6, 6.07) is 5.95. The van der Waals surface area contributed by atoms with Crippen molar-refractivity contribution < 1.29 is 23.8 Å². The molecule has 0 aliphatic rings. The molecule has 0 fully saturated rings. The second-order valence-corrected chi connectivity index (χ2v) is 3.80. The lowest BCUT2D eigenvalue weighted by Gasteiger charge is -2.14. The predicted molar refractivity (Wildman–Crippen MR) is 72.6 cm³/mol. The van der Waals surface area contributed by atoms with Crippen LogP contribution in [0.2, 0.25) is 0 Å². The van der Waals surface area contributed by atoms with Gasteiger partial charge < -0.3 is 24.8 Å². The summed E-state index contributed by atoms with van der Waals surface area (Å²) in [4.78, 5) is 22.8.